The zero-order valence-corrected chi connectivity index (χ0v) is 19.7. The van der Waals surface area contributed by atoms with E-state index in [4.69, 9.17) is 14.5 Å². The highest BCUT2D eigenvalue weighted by Crippen LogP contribution is 2.26. The third-order valence-corrected chi connectivity index (χ3v) is 5.64. The van der Waals surface area contributed by atoms with Gasteiger partial charge in [-0.15, -0.1) is 24.0 Å². The molecule has 0 aromatic rings. The number of hydrogen-bond acceptors (Lipinski definition) is 5. The second-order valence-electron chi connectivity index (χ2n) is 7.41. The molecule has 0 bridgehead atoms. The first kappa shape index (κ1) is 24.4. The molecular weight excluding hydrogens is 459 g/mol. The van der Waals surface area contributed by atoms with Crippen LogP contribution >= 0.6 is 24.0 Å². The highest BCUT2D eigenvalue weighted by atomic mass is 127. The number of likely N-dealkylation sites (N-methyl/N-ethyl adjacent to an activating group) is 1. The van der Waals surface area contributed by atoms with E-state index < -0.39 is 0 Å². The maximum Gasteiger partial charge on any atom is 0.309 e. The second-order valence-corrected chi connectivity index (χ2v) is 7.41. The molecule has 0 radical (unpaired) electrons. The van der Waals surface area contributed by atoms with Gasteiger partial charge in [0, 0.05) is 38.4 Å². The molecule has 2 rings (SSSR count). The number of ether oxygens (including phenoxy) is 2. The number of carbonyl (C=O) groups excluding carboxylic acids is 1. The van der Waals surface area contributed by atoms with Crippen molar-refractivity contribution in [2.75, 3.05) is 60.1 Å². The molecule has 27 heavy (non-hydrogen) atoms. The number of carbonyl (C=O) groups is 1. The molecule has 7 nitrogen and oxygen atoms in total. The van der Waals surface area contributed by atoms with Gasteiger partial charge in [-0.1, -0.05) is 0 Å². The molecule has 0 amide bonds. The number of esters is 1. The Kier molecular flexibility index (Phi) is 10.9. The van der Waals surface area contributed by atoms with E-state index in [1.54, 1.807) is 0 Å². The largest absolute Gasteiger partial charge is 0.466 e. The Morgan fingerprint density at radius 1 is 1.26 bits per heavy atom. The number of piperidine rings is 1. The van der Waals surface area contributed by atoms with Crippen molar-refractivity contribution in [3.8, 4) is 0 Å². The lowest BCUT2D eigenvalue weighted by Gasteiger charge is -2.42. The fraction of sp³-hybridized carbons (Fsp3) is 0.895. The van der Waals surface area contributed by atoms with Crippen LogP contribution in [0.2, 0.25) is 0 Å². The predicted molar refractivity (Wildman–Crippen MR) is 119 cm³/mol. The van der Waals surface area contributed by atoms with Gasteiger partial charge in [-0.3, -0.25) is 9.79 Å². The molecule has 2 heterocycles. The van der Waals surface area contributed by atoms with E-state index in [2.05, 4.69) is 36.1 Å². The van der Waals surface area contributed by atoms with Crippen LogP contribution in [-0.4, -0.2) is 87.4 Å². The van der Waals surface area contributed by atoms with Gasteiger partial charge in [-0.2, -0.15) is 0 Å². The van der Waals surface area contributed by atoms with Gasteiger partial charge < -0.3 is 24.6 Å². The fourth-order valence-corrected chi connectivity index (χ4v) is 3.73. The van der Waals surface area contributed by atoms with E-state index in [1.807, 2.05) is 6.92 Å². The standard InChI is InChI=1S/C19H36N4O3.HI/c1-5-20-18(21-15-19(22(3)4)9-13-25-14-10-19)23-11-7-16(8-12-23)17(24)26-6-2;/h16H,5-15H2,1-4H3,(H,20,21);1H. The van der Waals surface area contributed by atoms with Crippen molar-refractivity contribution in [2.24, 2.45) is 10.9 Å². The van der Waals surface area contributed by atoms with Crippen molar-refractivity contribution in [3.05, 3.63) is 0 Å². The van der Waals surface area contributed by atoms with Gasteiger partial charge in [0.05, 0.1) is 19.1 Å². The van der Waals surface area contributed by atoms with Crippen LogP contribution in [0.15, 0.2) is 4.99 Å². The van der Waals surface area contributed by atoms with Crippen molar-refractivity contribution in [3.63, 3.8) is 0 Å². The summed E-state index contributed by atoms with van der Waals surface area (Å²) in [6.07, 6.45) is 3.67. The minimum absolute atomic E-state index is 0. The van der Waals surface area contributed by atoms with Crippen LogP contribution < -0.4 is 5.32 Å². The zero-order chi connectivity index (χ0) is 19.0. The number of rotatable bonds is 6. The Morgan fingerprint density at radius 2 is 1.89 bits per heavy atom. The Balaban J connectivity index is 0.00000364. The number of hydrogen-bond donors (Lipinski definition) is 1. The molecule has 0 spiro atoms. The highest BCUT2D eigenvalue weighted by molar-refractivity contribution is 14.0. The van der Waals surface area contributed by atoms with Crippen LogP contribution in [0.5, 0.6) is 0 Å². The molecule has 0 atom stereocenters. The van der Waals surface area contributed by atoms with Crippen molar-refractivity contribution in [1.29, 1.82) is 0 Å². The first-order chi connectivity index (χ1) is 12.5. The summed E-state index contributed by atoms with van der Waals surface area (Å²) < 4.78 is 10.7. The van der Waals surface area contributed by atoms with Gasteiger partial charge in [-0.05, 0) is 53.6 Å². The van der Waals surface area contributed by atoms with Gasteiger partial charge in [-0.25, -0.2) is 0 Å². The van der Waals surface area contributed by atoms with E-state index in [1.165, 1.54) is 0 Å². The molecule has 2 fully saturated rings. The molecule has 158 valence electrons. The van der Waals surface area contributed by atoms with Crippen LogP contribution in [0.1, 0.15) is 39.5 Å². The molecule has 0 saturated carbocycles. The predicted octanol–water partition coefficient (Wildman–Crippen LogP) is 1.96. The summed E-state index contributed by atoms with van der Waals surface area (Å²) in [4.78, 5) is 21.5. The molecule has 2 aliphatic heterocycles. The van der Waals surface area contributed by atoms with E-state index in [9.17, 15) is 4.79 Å². The molecule has 0 unspecified atom stereocenters. The molecule has 2 aliphatic rings. The second kappa shape index (κ2) is 12.1. The van der Waals surface area contributed by atoms with E-state index in [0.29, 0.717) is 6.61 Å². The van der Waals surface area contributed by atoms with Crippen molar-refractivity contribution >= 4 is 35.9 Å². The molecule has 0 aromatic carbocycles. The average Bonchev–Trinajstić information content (AvgIpc) is 2.66. The Labute approximate surface area is 181 Å². The minimum atomic E-state index is -0.0529. The van der Waals surface area contributed by atoms with Crippen LogP contribution in [0.4, 0.5) is 0 Å². The van der Waals surface area contributed by atoms with Gasteiger partial charge >= 0.3 is 5.97 Å². The van der Waals surface area contributed by atoms with Crippen molar-refractivity contribution in [2.45, 2.75) is 45.1 Å². The molecule has 0 aromatic heterocycles. The van der Waals surface area contributed by atoms with Crippen LogP contribution in [0, 0.1) is 5.92 Å². The third kappa shape index (κ3) is 6.74. The normalized spacial score (nSPS) is 20.9. The first-order valence-corrected chi connectivity index (χ1v) is 9.97. The lowest BCUT2D eigenvalue weighted by atomic mass is 9.89. The lowest BCUT2D eigenvalue weighted by Crippen LogP contribution is -2.52. The molecule has 8 heteroatoms. The number of nitrogens with zero attached hydrogens (tertiary/aromatic N) is 3. The summed E-state index contributed by atoms with van der Waals surface area (Å²) >= 11 is 0. The number of likely N-dealkylation sites (tertiary alicyclic amines) is 1. The summed E-state index contributed by atoms with van der Waals surface area (Å²) in [5.74, 6) is 0.933. The SMILES string of the molecule is CCNC(=NCC1(N(C)C)CCOCC1)N1CCC(C(=O)OCC)CC1.I. The van der Waals surface area contributed by atoms with Gasteiger partial charge in [0.15, 0.2) is 5.96 Å². The molecule has 0 aliphatic carbocycles. The third-order valence-electron chi connectivity index (χ3n) is 5.64. The van der Waals surface area contributed by atoms with Crippen LogP contribution in [0.3, 0.4) is 0 Å². The number of guanidine groups is 1. The quantitative estimate of drug-likeness (QED) is 0.263. The zero-order valence-electron chi connectivity index (χ0n) is 17.3. The lowest BCUT2D eigenvalue weighted by molar-refractivity contribution is -0.149. The number of halogens is 1. The fourth-order valence-electron chi connectivity index (χ4n) is 3.73. The van der Waals surface area contributed by atoms with Gasteiger partial charge in [0.2, 0.25) is 0 Å². The van der Waals surface area contributed by atoms with Crippen molar-refractivity contribution in [1.82, 2.24) is 15.1 Å². The van der Waals surface area contributed by atoms with Crippen LogP contribution in [-0.2, 0) is 14.3 Å². The number of nitrogens with one attached hydrogen (secondary N) is 1. The summed E-state index contributed by atoms with van der Waals surface area (Å²) in [6.45, 7) is 9.31. The smallest absolute Gasteiger partial charge is 0.309 e. The Bertz CT molecular complexity index is 474. The Morgan fingerprint density at radius 3 is 2.41 bits per heavy atom. The maximum atomic E-state index is 11.9. The average molecular weight is 496 g/mol. The summed E-state index contributed by atoms with van der Waals surface area (Å²) in [5.41, 5.74) is 0.0716. The molecule has 1 N–H and O–H groups in total. The monoisotopic (exact) mass is 496 g/mol. The van der Waals surface area contributed by atoms with Gasteiger partial charge in [0.1, 0.15) is 0 Å². The van der Waals surface area contributed by atoms with Crippen LogP contribution in [0.25, 0.3) is 0 Å². The molecular formula is C19H37IN4O3. The van der Waals surface area contributed by atoms with Gasteiger partial charge in [0.25, 0.3) is 0 Å². The summed E-state index contributed by atoms with van der Waals surface area (Å²) in [6, 6.07) is 0. The number of aliphatic imine (C=N–C) groups is 1. The molecule has 2 saturated heterocycles. The Hall–Kier alpha value is -0.610. The van der Waals surface area contributed by atoms with E-state index >= 15 is 0 Å². The summed E-state index contributed by atoms with van der Waals surface area (Å²) in [7, 11) is 4.27. The maximum absolute atomic E-state index is 11.9. The minimum Gasteiger partial charge on any atom is -0.466 e. The first-order valence-electron chi connectivity index (χ1n) is 9.97. The van der Waals surface area contributed by atoms with E-state index in [-0.39, 0.29) is 41.4 Å². The summed E-state index contributed by atoms with van der Waals surface area (Å²) in [5, 5.41) is 3.43. The topological polar surface area (TPSA) is 66.4 Å². The van der Waals surface area contributed by atoms with E-state index in [0.717, 1.165) is 71.0 Å². The van der Waals surface area contributed by atoms with Crippen molar-refractivity contribution < 1.29 is 14.3 Å². The highest BCUT2D eigenvalue weighted by Gasteiger charge is 2.35.